The lowest BCUT2D eigenvalue weighted by Gasteiger charge is -2.06. The van der Waals surface area contributed by atoms with Gasteiger partial charge in [0, 0.05) is 11.6 Å². The number of carbonyl (C=O) groups excluding carboxylic acids is 1. The maximum atomic E-state index is 12.3. The van der Waals surface area contributed by atoms with Crippen molar-refractivity contribution < 1.29 is 15.0 Å². The van der Waals surface area contributed by atoms with Gasteiger partial charge in [0.1, 0.15) is 11.5 Å². The maximum absolute atomic E-state index is 12.3. The molecule has 3 nitrogen and oxygen atoms in total. The molecule has 0 unspecified atom stereocenters. The maximum Gasteiger partial charge on any atom is 0.196 e. The average molecular weight is 270 g/mol. The summed E-state index contributed by atoms with van der Waals surface area (Å²) in [5, 5.41) is 19.0. The monoisotopic (exact) mass is 270 g/mol. The smallest absolute Gasteiger partial charge is 0.196 e. The number of benzene rings is 2. The van der Waals surface area contributed by atoms with E-state index in [1.807, 2.05) is 12.1 Å². The second-order valence-electron chi connectivity index (χ2n) is 4.83. The van der Waals surface area contributed by atoms with Crippen LogP contribution < -0.4 is 0 Å². The van der Waals surface area contributed by atoms with Crippen molar-refractivity contribution in [1.82, 2.24) is 0 Å². The zero-order valence-corrected chi connectivity index (χ0v) is 11.5. The first kappa shape index (κ1) is 14.1. The second kappa shape index (κ2) is 6.24. The van der Waals surface area contributed by atoms with Crippen molar-refractivity contribution in [2.75, 3.05) is 0 Å². The Hall–Kier alpha value is -2.29. The fourth-order valence-corrected chi connectivity index (χ4v) is 2.07. The third-order valence-electron chi connectivity index (χ3n) is 3.26. The number of unbranched alkanes of at least 4 members (excludes halogenated alkanes) is 1. The van der Waals surface area contributed by atoms with Gasteiger partial charge in [0.15, 0.2) is 5.78 Å². The Bertz CT molecular complexity index is 600. The van der Waals surface area contributed by atoms with Crippen molar-refractivity contribution in [3.8, 4) is 11.5 Å². The summed E-state index contributed by atoms with van der Waals surface area (Å²) in [5.74, 6) is -0.511. The summed E-state index contributed by atoms with van der Waals surface area (Å²) in [6, 6.07) is 11.4. The van der Waals surface area contributed by atoms with Crippen LogP contribution in [0.5, 0.6) is 11.5 Å². The summed E-state index contributed by atoms with van der Waals surface area (Å²) < 4.78 is 0. The number of hydrogen-bond acceptors (Lipinski definition) is 3. The molecule has 0 fully saturated rings. The van der Waals surface area contributed by atoms with Gasteiger partial charge in [-0.15, -0.1) is 0 Å². The van der Waals surface area contributed by atoms with Crippen LogP contribution in [-0.2, 0) is 6.42 Å². The minimum Gasteiger partial charge on any atom is -0.508 e. The van der Waals surface area contributed by atoms with Crippen LogP contribution in [0.4, 0.5) is 0 Å². The Kier molecular flexibility index (Phi) is 4.41. The summed E-state index contributed by atoms with van der Waals surface area (Å²) >= 11 is 0. The molecule has 2 aromatic rings. The number of ketones is 1. The van der Waals surface area contributed by atoms with E-state index in [-0.39, 0.29) is 22.8 Å². The van der Waals surface area contributed by atoms with Crippen LogP contribution in [0.1, 0.15) is 41.3 Å². The standard InChI is InChI=1S/C17H18O3/c1-2-3-4-12-5-7-13(8-6-12)17(20)15-10-9-14(18)11-16(15)19/h5-11,18-19H,2-4H2,1H3. The third-order valence-corrected chi connectivity index (χ3v) is 3.26. The largest absolute Gasteiger partial charge is 0.508 e. The lowest BCUT2D eigenvalue weighted by Crippen LogP contribution is -2.01. The molecule has 0 amide bonds. The molecule has 0 atom stereocenters. The molecule has 3 heteroatoms. The van der Waals surface area contributed by atoms with Gasteiger partial charge in [-0.3, -0.25) is 4.79 Å². The molecule has 0 spiro atoms. The van der Waals surface area contributed by atoms with Gasteiger partial charge in [-0.1, -0.05) is 37.6 Å². The molecular formula is C17H18O3. The van der Waals surface area contributed by atoms with E-state index in [1.165, 1.54) is 23.8 Å². The number of phenolic OH excluding ortho intramolecular Hbond substituents is 2. The first-order valence-electron chi connectivity index (χ1n) is 6.77. The molecule has 0 aliphatic rings. The van der Waals surface area contributed by atoms with Crippen molar-refractivity contribution in [3.63, 3.8) is 0 Å². The molecule has 0 bridgehead atoms. The molecule has 0 saturated carbocycles. The molecule has 0 radical (unpaired) electrons. The number of hydrogen-bond donors (Lipinski definition) is 2. The van der Waals surface area contributed by atoms with Crippen molar-refractivity contribution in [2.24, 2.45) is 0 Å². The lowest BCUT2D eigenvalue weighted by molar-refractivity contribution is 0.103. The quantitative estimate of drug-likeness (QED) is 0.815. The van der Waals surface area contributed by atoms with Crippen molar-refractivity contribution >= 4 is 5.78 Å². The Balaban J connectivity index is 2.20. The minimum absolute atomic E-state index is 0.0611. The molecule has 0 heterocycles. The van der Waals surface area contributed by atoms with E-state index >= 15 is 0 Å². The van der Waals surface area contributed by atoms with Crippen LogP contribution in [0.15, 0.2) is 42.5 Å². The lowest BCUT2D eigenvalue weighted by atomic mass is 10.00. The molecule has 0 aliphatic heterocycles. The second-order valence-corrected chi connectivity index (χ2v) is 4.83. The predicted octanol–water partition coefficient (Wildman–Crippen LogP) is 3.67. The van der Waals surface area contributed by atoms with Gasteiger partial charge >= 0.3 is 0 Å². The van der Waals surface area contributed by atoms with E-state index in [9.17, 15) is 15.0 Å². The first-order chi connectivity index (χ1) is 9.61. The van der Waals surface area contributed by atoms with Gasteiger partial charge in [-0.05, 0) is 30.5 Å². The summed E-state index contributed by atoms with van der Waals surface area (Å²) in [4.78, 5) is 12.3. The average Bonchev–Trinajstić information content (AvgIpc) is 2.45. The van der Waals surface area contributed by atoms with Crippen molar-refractivity contribution in [1.29, 1.82) is 0 Å². The molecule has 20 heavy (non-hydrogen) atoms. The van der Waals surface area contributed by atoms with E-state index < -0.39 is 0 Å². The van der Waals surface area contributed by atoms with Gasteiger partial charge in [-0.25, -0.2) is 0 Å². The topological polar surface area (TPSA) is 57.5 Å². The summed E-state index contributed by atoms with van der Waals surface area (Å²) in [6.07, 6.45) is 3.28. The van der Waals surface area contributed by atoms with E-state index in [0.717, 1.165) is 19.3 Å². The molecule has 2 rings (SSSR count). The molecule has 2 N–H and O–H groups in total. The van der Waals surface area contributed by atoms with E-state index in [2.05, 4.69) is 6.92 Å². The SMILES string of the molecule is CCCCc1ccc(C(=O)c2ccc(O)cc2O)cc1. The number of rotatable bonds is 5. The van der Waals surface area contributed by atoms with Gasteiger partial charge in [0.25, 0.3) is 0 Å². The Morgan fingerprint density at radius 3 is 2.35 bits per heavy atom. The molecule has 104 valence electrons. The highest BCUT2D eigenvalue weighted by molar-refractivity contribution is 6.10. The summed E-state index contributed by atoms with van der Waals surface area (Å²) in [7, 11) is 0. The number of carbonyl (C=O) groups is 1. The van der Waals surface area contributed by atoms with Crippen molar-refractivity contribution in [3.05, 3.63) is 59.2 Å². The van der Waals surface area contributed by atoms with Gasteiger partial charge < -0.3 is 10.2 Å². The highest BCUT2D eigenvalue weighted by Gasteiger charge is 2.13. The third kappa shape index (κ3) is 3.18. The van der Waals surface area contributed by atoms with Crippen LogP contribution >= 0.6 is 0 Å². The first-order valence-corrected chi connectivity index (χ1v) is 6.77. The zero-order valence-electron chi connectivity index (χ0n) is 11.5. The molecule has 0 aromatic heterocycles. The molecule has 0 aliphatic carbocycles. The zero-order chi connectivity index (χ0) is 14.5. The Labute approximate surface area is 118 Å². The number of phenols is 2. The number of aromatic hydroxyl groups is 2. The van der Waals surface area contributed by atoms with Crippen LogP contribution in [0.2, 0.25) is 0 Å². The van der Waals surface area contributed by atoms with Crippen LogP contribution in [-0.4, -0.2) is 16.0 Å². The predicted molar refractivity (Wildman–Crippen MR) is 78.3 cm³/mol. The molecular weight excluding hydrogens is 252 g/mol. The minimum atomic E-state index is -0.246. The van der Waals surface area contributed by atoms with E-state index in [1.54, 1.807) is 12.1 Å². The van der Waals surface area contributed by atoms with Crippen LogP contribution in [0, 0.1) is 0 Å². The molecule has 2 aromatic carbocycles. The highest BCUT2D eigenvalue weighted by atomic mass is 16.3. The van der Waals surface area contributed by atoms with Gasteiger partial charge in [-0.2, -0.15) is 0 Å². The van der Waals surface area contributed by atoms with E-state index in [0.29, 0.717) is 5.56 Å². The van der Waals surface area contributed by atoms with Crippen LogP contribution in [0.25, 0.3) is 0 Å². The van der Waals surface area contributed by atoms with Gasteiger partial charge in [0.05, 0.1) is 5.56 Å². The van der Waals surface area contributed by atoms with Crippen LogP contribution in [0.3, 0.4) is 0 Å². The van der Waals surface area contributed by atoms with E-state index in [4.69, 9.17) is 0 Å². The highest BCUT2D eigenvalue weighted by Crippen LogP contribution is 2.25. The normalized spacial score (nSPS) is 10.4. The number of aryl methyl sites for hydroxylation is 1. The molecule has 0 saturated heterocycles. The summed E-state index contributed by atoms with van der Waals surface area (Å²) in [6.45, 7) is 2.14. The fraction of sp³-hybridized carbons (Fsp3) is 0.235. The fourth-order valence-electron chi connectivity index (χ4n) is 2.07. The summed E-state index contributed by atoms with van der Waals surface area (Å²) in [5.41, 5.74) is 1.94. The van der Waals surface area contributed by atoms with Gasteiger partial charge in [0.2, 0.25) is 0 Å². The Morgan fingerprint density at radius 1 is 1.05 bits per heavy atom. The van der Waals surface area contributed by atoms with Crippen molar-refractivity contribution in [2.45, 2.75) is 26.2 Å². The Morgan fingerprint density at radius 2 is 1.75 bits per heavy atom.